The maximum atomic E-state index is 13.8. The van der Waals surface area contributed by atoms with Crippen LogP contribution >= 0.6 is 11.8 Å². The number of likely N-dealkylation sites (tertiary alicyclic amines) is 1. The van der Waals surface area contributed by atoms with Gasteiger partial charge in [-0.15, -0.1) is 0 Å². The van der Waals surface area contributed by atoms with E-state index in [1.54, 1.807) is 12.1 Å². The largest absolute Gasteiger partial charge is 0.494 e. The minimum absolute atomic E-state index is 0.293. The van der Waals surface area contributed by atoms with Gasteiger partial charge in [0.25, 0.3) is 0 Å². The third-order valence-electron chi connectivity index (χ3n) is 4.84. The third kappa shape index (κ3) is 7.58. The molecule has 0 unspecified atom stereocenters. The zero-order chi connectivity index (χ0) is 19.5. The highest BCUT2D eigenvalue weighted by atomic mass is 32.2. The maximum Gasteiger partial charge on any atom is 0.191 e. The summed E-state index contributed by atoms with van der Waals surface area (Å²) in [7, 11) is 3.31. The molecule has 27 heavy (non-hydrogen) atoms. The monoisotopic (exact) mass is 396 g/mol. The van der Waals surface area contributed by atoms with Gasteiger partial charge in [-0.2, -0.15) is 11.8 Å². The second-order valence-electron chi connectivity index (χ2n) is 6.86. The molecule has 1 fully saturated rings. The minimum atomic E-state index is -0.293. The number of aliphatic imine (C=N–C) groups is 1. The smallest absolute Gasteiger partial charge is 0.191 e. The zero-order valence-corrected chi connectivity index (χ0v) is 17.6. The first-order valence-electron chi connectivity index (χ1n) is 9.67. The lowest BCUT2D eigenvalue weighted by molar-refractivity contribution is 0.198. The van der Waals surface area contributed by atoms with Crippen LogP contribution in [0.3, 0.4) is 0 Å². The van der Waals surface area contributed by atoms with Crippen molar-refractivity contribution in [2.45, 2.75) is 38.3 Å². The molecule has 0 saturated carbocycles. The molecule has 0 bridgehead atoms. The average Bonchev–Trinajstić information content (AvgIpc) is 2.68. The van der Waals surface area contributed by atoms with E-state index in [4.69, 9.17) is 4.74 Å². The number of methoxy groups -OCH3 is 1. The van der Waals surface area contributed by atoms with Gasteiger partial charge in [0.05, 0.1) is 7.11 Å². The van der Waals surface area contributed by atoms with E-state index in [1.165, 1.54) is 25.7 Å². The van der Waals surface area contributed by atoms with Crippen molar-refractivity contribution < 1.29 is 9.13 Å². The van der Waals surface area contributed by atoms with E-state index in [1.807, 2.05) is 24.9 Å². The molecule has 5 nitrogen and oxygen atoms in total. The molecular formula is C20H33FN4OS. The molecule has 1 aromatic carbocycles. The molecule has 0 amide bonds. The molecule has 1 aromatic rings. The SMILES string of the molecule is CN=C(NCCCCSC)NC1CCN(Cc2ccc(OC)c(F)c2)CC1. The minimum Gasteiger partial charge on any atom is -0.494 e. The van der Waals surface area contributed by atoms with Crippen molar-refractivity contribution in [3.63, 3.8) is 0 Å². The Labute approximate surface area is 167 Å². The standard InChI is InChI=1S/C20H33FN4OS/c1-22-20(23-10-4-5-13-27-3)24-17-8-11-25(12-9-17)15-16-6-7-19(26-2)18(21)14-16/h6-7,14,17H,4-5,8-13,15H2,1-3H3,(H2,22,23,24). The summed E-state index contributed by atoms with van der Waals surface area (Å²) in [5.74, 6) is 2.12. The van der Waals surface area contributed by atoms with Crippen molar-refractivity contribution in [3.05, 3.63) is 29.6 Å². The number of rotatable bonds is 9. The first-order chi connectivity index (χ1) is 13.2. The summed E-state index contributed by atoms with van der Waals surface area (Å²) in [5.41, 5.74) is 0.988. The van der Waals surface area contributed by atoms with Crippen LogP contribution in [0.5, 0.6) is 5.75 Å². The normalized spacial score (nSPS) is 16.4. The lowest BCUT2D eigenvalue weighted by atomic mass is 10.0. The van der Waals surface area contributed by atoms with Crippen LogP contribution in [0.15, 0.2) is 23.2 Å². The van der Waals surface area contributed by atoms with Crippen LogP contribution in [0.1, 0.15) is 31.2 Å². The van der Waals surface area contributed by atoms with Crippen molar-refractivity contribution >= 4 is 17.7 Å². The number of benzene rings is 1. The number of hydrogen-bond donors (Lipinski definition) is 2. The number of hydrogen-bond acceptors (Lipinski definition) is 4. The maximum absolute atomic E-state index is 13.8. The molecule has 2 N–H and O–H groups in total. The van der Waals surface area contributed by atoms with Crippen LogP contribution in [0.2, 0.25) is 0 Å². The summed E-state index contributed by atoms with van der Waals surface area (Å²) < 4.78 is 18.8. The third-order valence-corrected chi connectivity index (χ3v) is 5.54. The van der Waals surface area contributed by atoms with Gasteiger partial charge in [-0.05, 0) is 55.4 Å². The Balaban J connectivity index is 1.70. The van der Waals surface area contributed by atoms with E-state index in [0.717, 1.165) is 50.5 Å². The van der Waals surface area contributed by atoms with Crippen molar-refractivity contribution in [3.8, 4) is 5.75 Å². The molecule has 0 aliphatic carbocycles. The van der Waals surface area contributed by atoms with E-state index >= 15 is 0 Å². The van der Waals surface area contributed by atoms with Crippen LogP contribution in [0.4, 0.5) is 4.39 Å². The zero-order valence-electron chi connectivity index (χ0n) is 16.8. The summed E-state index contributed by atoms with van der Waals surface area (Å²) in [6.07, 6.45) is 6.66. The fourth-order valence-corrected chi connectivity index (χ4v) is 3.76. The van der Waals surface area contributed by atoms with Gasteiger partial charge >= 0.3 is 0 Å². The van der Waals surface area contributed by atoms with E-state index in [-0.39, 0.29) is 5.82 Å². The van der Waals surface area contributed by atoms with Gasteiger partial charge in [0, 0.05) is 39.3 Å². The van der Waals surface area contributed by atoms with Crippen molar-refractivity contribution in [1.29, 1.82) is 0 Å². The first-order valence-corrected chi connectivity index (χ1v) is 11.1. The summed E-state index contributed by atoms with van der Waals surface area (Å²) in [6, 6.07) is 5.65. The number of nitrogens with one attached hydrogen (secondary N) is 2. The van der Waals surface area contributed by atoms with Crippen LogP contribution in [0.25, 0.3) is 0 Å². The lowest BCUT2D eigenvalue weighted by Gasteiger charge is -2.33. The highest BCUT2D eigenvalue weighted by Gasteiger charge is 2.20. The van der Waals surface area contributed by atoms with Crippen LogP contribution < -0.4 is 15.4 Å². The topological polar surface area (TPSA) is 48.9 Å². The Morgan fingerprint density at radius 1 is 1.33 bits per heavy atom. The van der Waals surface area contributed by atoms with E-state index < -0.39 is 0 Å². The number of thioether (sulfide) groups is 1. The van der Waals surface area contributed by atoms with Gasteiger partial charge in [0.2, 0.25) is 0 Å². The predicted molar refractivity (Wildman–Crippen MR) is 113 cm³/mol. The summed E-state index contributed by atoms with van der Waals surface area (Å²) >= 11 is 1.89. The van der Waals surface area contributed by atoms with Gasteiger partial charge in [-0.3, -0.25) is 9.89 Å². The van der Waals surface area contributed by atoms with Crippen LogP contribution in [-0.4, -0.2) is 62.7 Å². The number of halogens is 1. The molecule has 1 heterocycles. The Morgan fingerprint density at radius 2 is 2.11 bits per heavy atom. The van der Waals surface area contributed by atoms with E-state index in [9.17, 15) is 4.39 Å². The quantitative estimate of drug-likeness (QED) is 0.382. The number of ether oxygens (including phenoxy) is 1. The Bertz CT molecular complexity index is 591. The molecule has 2 rings (SSSR count). The lowest BCUT2D eigenvalue weighted by Crippen LogP contribution is -2.48. The highest BCUT2D eigenvalue weighted by molar-refractivity contribution is 7.98. The fourth-order valence-electron chi connectivity index (χ4n) is 3.27. The van der Waals surface area contributed by atoms with E-state index in [2.05, 4.69) is 26.8 Å². The summed E-state index contributed by atoms with van der Waals surface area (Å²) in [5, 5.41) is 6.94. The van der Waals surface area contributed by atoms with Crippen molar-refractivity contribution in [1.82, 2.24) is 15.5 Å². The highest BCUT2D eigenvalue weighted by Crippen LogP contribution is 2.20. The average molecular weight is 397 g/mol. The van der Waals surface area contributed by atoms with Gasteiger partial charge in [0.1, 0.15) is 0 Å². The van der Waals surface area contributed by atoms with Gasteiger partial charge in [-0.25, -0.2) is 4.39 Å². The van der Waals surface area contributed by atoms with Gasteiger partial charge in [0.15, 0.2) is 17.5 Å². The molecule has 1 saturated heterocycles. The second-order valence-corrected chi connectivity index (χ2v) is 7.85. The Hall–Kier alpha value is -1.47. The molecule has 0 aromatic heterocycles. The summed E-state index contributed by atoms with van der Waals surface area (Å²) in [4.78, 5) is 6.71. The molecule has 1 aliphatic heterocycles. The summed E-state index contributed by atoms with van der Waals surface area (Å²) in [6.45, 7) is 3.73. The number of guanidine groups is 1. The Kier molecular flexibility index (Phi) is 9.77. The van der Waals surface area contributed by atoms with Crippen molar-refractivity contribution in [2.75, 3.05) is 45.8 Å². The Morgan fingerprint density at radius 3 is 2.74 bits per heavy atom. The number of unbranched alkanes of at least 4 members (excludes halogenated alkanes) is 1. The molecule has 0 spiro atoms. The van der Waals surface area contributed by atoms with Gasteiger partial charge < -0.3 is 15.4 Å². The number of nitrogens with zero attached hydrogens (tertiary/aromatic N) is 2. The first kappa shape index (κ1) is 21.8. The fraction of sp³-hybridized carbons (Fsp3) is 0.650. The molecule has 7 heteroatoms. The molecule has 1 aliphatic rings. The molecule has 0 atom stereocenters. The molecule has 0 radical (unpaired) electrons. The van der Waals surface area contributed by atoms with E-state index in [0.29, 0.717) is 11.8 Å². The van der Waals surface area contributed by atoms with Crippen molar-refractivity contribution in [2.24, 2.45) is 4.99 Å². The second kappa shape index (κ2) is 12.1. The van der Waals surface area contributed by atoms with Crippen LogP contribution in [-0.2, 0) is 6.54 Å². The molecular weight excluding hydrogens is 363 g/mol. The number of piperidine rings is 1. The predicted octanol–water partition coefficient (Wildman–Crippen LogP) is 3.11. The van der Waals surface area contributed by atoms with Crippen LogP contribution in [0, 0.1) is 5.82 Å². The molecule has 152 valence electrons. The van der Waals surface area contributed by atoms with Gasteiger partial charge in [-0.1, -0.05) is 6.07 Å².